The fraction of sp³-hybridized carbons (Fsp3) is 0.538. The molecule has 2 unspecified atom stereocenters. The Morgan fingerprint density at radius 3 is 2.60 bits per heavy atom. The predicted octanol–water partition coefficient (Wildman–Crippen LogP) is 5.63. The van der Waals surface area contributed by atoms with E-state index >= 15 is 0 Å². The maximum Gasteiger partial charge on any atom is 0.393 e. The van der Waals surface area contributed by atoms with E-state index in [1.165, 1.54) is 37.6 Å². The zero-order chi connectivity index (χ0) is 24.3. The molecule has 1 aliphatic heterocycles. The van der Waals surface area contributed by atoms with Crippen LogP contribution in [0.4, 0.5) is 19.0 Å². The van der Waals surface area contributed by atoms with E-state index < -0.39 is 12.6 Å². The molecule has 0 spiro atoms. The SMILES string of the molecule is FC(F)(F)Cc1cc2c(NC3CCN(Cc4ccccc4)CC3NCC3CCCC3)ncnc2s1. The van der Waals surface area contributed by atoms with Gasteiger partial charge in [-0.05, 0) is 43.4 Å². The Kier molecular flexibility index (Phi) is 7.55. The van der Waals surface area contributed by atoms with Gasteiger partial charge in [-0.1, -0.05) is 43.2 Å². The summed E-state index contributed by atoms with van der Waals surface area (Å²) in [5.41, 5.74) is 1.31. The first-order valence-corrected chi connectivity index (χ1v) is 13.3. The molecule has 2 N–H and O–H groups in total. The summed E-state index contributed by atoms with van der Waals surface area (Å²) in [6, 6.07) is 12.5. The Labute approximate surface area is 208 Å². The summed E-state index contributed by atoms with van der Waals surface area (Å²) in [5, 5.41) is 8.11. The first kappa shape index (κ1) is 24.5. The molecule has 2 fully saturated rings. The van der Waals surface area contributed by atoms with Crippen LogP contribution in [0.25, 0.3) is 10.2 Å². The molecule has 0 radical (unpaired) electrons. The maximum absolute atomic E-state index is 12.9. The zero-order valence-electron chi connectivity index (χ0n) is 19.7. The van der Waals surface area contributed by atoms with Gasteiger partial charge >= 0.3 is 6.18 Å². The third-order valence-electron chi connectivity index (χ3n) is 7.17. The normalized spacial score (nSPS) is 22.1. The average molecular weight is 504 g/mol. The van der Waals surface area contributed by atoms with Crippen LogP contribution in [0.15, 0.2) is 42.7 Å². The molecular formula is C26H32F3N5S. The molecule has 9 heteroatoms. The summed E-state index contributed by atoms with van der Waals surface area (Å²) >= 11 is 1.09. The lowest BCUT2D eigenvalue weighted by Gasteiger charge is -2.40. The predicted molar refractivity (Wildman–Crippen MR) is 135 cm³/mol. The first-order chi connectivity index (χ1) is 16.9. The second kappa shape index (κ2) is 10.8. The minimum atomic E-state index is -4.23. The van der Waals surface area contributed by atoms with E-state index in [1.54, 1.807) is 6.07 Å². The molecule has 188 valence electrons. The standard InChI is InChI=1S/C26H32F3N5S/c27-26(28,29)13-20-12-21-24(31-17-32-25(21)35-20)33-22-10-11-34(15-19-8-2-1-3-9-19)16-23(22)30-14-18-6-4-5-7-18/h1-3,8-9,12,17-18,22-23,30H,4-7,10-11,13-16H2,(H,31,32,33). The van der Waals surface area contributed by atoms with E-state index in [1.807, 2.05) is 6.07 Å². The molecule has 3 aromatic rings. The molecule has 1 saturated carbocycles. The Morgan fingerprint density at radius 2 is 1.83 bits per heavy atom. The molecule has 0 bridgehead atoms. The summed E-state index contributed by atoms with van der Waals surface area (Å²) < 4.78 is 38.8. The molecule has 1 saturated heterocycles. The molecule has 2 aromatic heterocycles. The van der Waals surface area contributed by atoms with Crippen LogP contribution in [0.2, 0.25) is 0 Å². The van der Waals surface area contributed by atoms with Crippen molar-refractivity contribution in [3.05, 3.63) is 53.2 Å². The van der Waals surface area contributed by atoms with Crippen LogP contribution in [0.5, 0.6) is 0 Å². The van der Waals surface area contributed by atoms with Crippen LogP contribution in [-0.2, 0) is 13.0 Å². The molecule has 2 aliphatic rings. The fourth-order valence-corrected chi connectivity index (χ4v) is 6.42. The minimum absolute atomic E-state index is 0.146. The lowest BCUT2D eigenvalue weighted by molar-refractivity contribution is -0.126. The number of hydrogen-bond acceptors (Lipinski definition) is 6. The third kappa shape index (κ3) is 6.51. The molecule has 2 atom stereocenters. The number of hydrogen-bond donors (Lipinski definition) is 2. The van der Waals surface area contributed by atoms with Crippen molar-refractivity contribution in [2.75, 3.05) is 25.0 Å². The third-order valence-corrected chi connectivity index (χ3v) is 8.21. The van der Waals surface area contributed by atoms with Crippen LogP contribution in [-0.4, -0.2) is 52.8 Å². The number of halogens is 3. The van der Waals surface area contributed by atoms with E-state index in [0.29, 0.717) is 16.0 Å². The van der Waals surface area contributed by atoms with E-state index in [-0.39, 0.29) is 17.0 Å². The lowest BCUT2D eigenvalue weighted by Crippen LogP contribution is -2.56. The van der Waals surface area contributed by atoms with Crippen LogP contribution in [0.1, 0.15) is 42.5 Å². The summed E-state index contributed by atoms with van der Waals surface area (Å²) in [4.78, 5) is 12.0. The number of piperidine rings is 1. The highest BCUT2D eigenvalue weighted by Gasteiger charge is 2.32. The molecule has 0 amide bonds. The van der Waals surface area contributed by atoms with Crippen molar-refractivity contribution in [3.8, 4) is 0 Å². The van der Waals surface area contributed by atoms with Gasteiger partial charge in [0.25, 0.3) is 0 Å². The van der Waals surface area contributed by atoms with Gasteiger partial charge in [-0.2, -0.15) is 13.2 Å². The summed E-state index contributed by atoms with van der Waals surface area (Å²) in [6.07, 6.45) is 2.42. The number of fused-ring (bicyclic) bond motifs is 1. The molecule has 1 aromatic carbocycles. The number of likely N-dealkylation sites (tertiary alicyclic amines) is 1. The van der Waals surface area contributed by atoms with Crippen molar-refractivity contribution in [1.82, 2.24) is 20.2 Å². The van der Waals surface area contributed by atoms with Gasteiger partial charge in [0.05, 0.1) is 11.8 Å². The Hall–Kier alpha value is -2.23. The first-order valence-electron chi connectivity index (χ1n) is 12.5. The largest absolute Gasteiger partial charge is 0.393 e. The number of alkyl halides is 3. The van der Waals surface area contributed by atoms with Gasteiger partial charge in [-0.25, -0.2) is 9.97 Å². The summed E-state index contributed by atoms with van der Waals surface area (Å²) in [5.74, 6) is 1.36. The van der Waals surface area contributed by atoms with E-state index in [9.17, 15) is 13.2 Å². The number of aromatic nitrogens is 2. The molecule has 3 heterocycles. The van der Waals surface area contributed by atoms with Crippen molar-refractivity contribution in [2.45, 2.75) is 63.3 Å². The minimum Gasteiger partial charge on any atom is -0.365 e. The van der Waals surface area contributed by atoms with Gasteiger partial charge < -0.3 is 10.6 Å². The van der Waals surface area contributed by atoms with Gasteiger partial charge in [0.15, 0.2) is 0 Å². The molecule has 5 rings (SSSR count). The van der Waals surface area contributed by atoms with E-state index in [4.69, 9.17) is 0 Å². The van der Waals surface area contributed by atoms with Crippen molar-refractivity contribution in [3.63, 3.8) is 0 Å². The smallest absolute Gasteiger partial charge is 0.365 e. The van der Waals surface area contributed by atoms with Crippen molar-refractivity contribution in [2.24, 2.45) is 5.92 Å². The van der Waals surface area contributed by atoms with Crippen molar-refractivity contribution >= 4 is 27.4 Å². The highest BCUT2D eigenvalue weighted by Crippen LogP contribution is 2.33. The highest BCUT2D eigenvalue weighted by atomic mass is 32.1. The number of anilines is 1. The number of nitrogens with one attached hydrogen (secondary N) is 2. The second-order valence-corrected chi connectivity index (χ2v) is 11.0. The van der Waals surface area contributed by atoms with Crippen LogP contribution >= 0.6 is 11.3 Å². The Bertz CT molecular complexity index is 1100. The maximum atomic E-state index is 12.9. The van der Waals surface area contributed by atoms with Crippen LogP contribution in [0.3, 0.4) is 0 Å². The van der Waals surface area contributed by atoms with Gasteiger partial charge in [0, 0.05) is 36.6 Å². The van der Waals surface area contributed by atoms with Gasteiger partial charge in [0.1, 0.15) is 17.0 Å². The quantitative estimate of drug-likeness (QED) is 0.417. The molecule has 35 heavy (non-hydrogen) atoms. The summed E-state index contributed by atoms with van der Waals surface area (Å²) in [7, 11) is 0. The number of benzene rings is 1. The molecular weight excluding hydrogens is 471 g/mol. The Balaban J connectivity index is 1.31. The number of nitrogens with zero attached hydrogens (tertiary/aromatic N) is 3. The van der Waals surface area contributed by atoms with Crippen LogP contribution in [0, 0.1) is 5.92 Å². The summed E-state index contributed by atoms with van der Waals surface area (Å²) in [6.45, 7) is 3.79. The second-order valence-electron chi connectivity index (χ2n) is 9.87. The van der Waals surface area contributed by atoms with Gasteiger partial charge in [0.2, 0.25) is 0 Å². The average Bonchev–Trinajstić information content (AvgIpc) is 3.48. The number of thiophene rings is 1. The fourth-order valence-electron chi connectivity index (χ4n) is 5.40. The van der Waals surface area contributed by atoms with Crippen molar-refractivity contribution < 1.29 is 13.2 Å². The highest BCUT2D eigenvalue weighted by molar-refractivity contribution is 7.18. The Morgan fingerprint density at radius 1 is 1.03 bits per heavy atom. The monoisotopic (exact) mass is 503 g/mol. The van der Waals surface area contributed by atoms with Crippen LogP contribution < -0.4 is 10.6 Å². The van der Waals surface area contributed by atoms with E-state index in [2.05, 4.69) is 49.8 Å². The lowest BCUT2D eigenvalue weighted by atomic mass is 9.97. The number of rotatable bonds is 8. The van der Waals surface area contributed by atoms with E-state index in [0.717, 1.165) is 49.9 Å². The van der Waals surface area contributed by atoms with Gasteiger partial charge in [-0.15, -0.1) is 11.3 Å². The molecule has 5 nitrogen and oxygen atoms in total. The van der Waals surface area contributed by atoms with Crippen molar-refractivity contribution in [1.29, 1.82) is 0 Å². The molecule has 1 aliphatic carbocycles. The topological polar surface area (TPSA) is 53.1 Å². The van der Waals surface area contributed by atoms with Gasteiger partial charge in [-0.3, -0.25) is 4.90 Å². The zero-order valence-corrected chi connectivity index (χ0v) is 20.5.